The number of anilines is 3. The predicted octanol–water partition coefficient (Wildman–Crippen LogP) is 5.71. The van der Waals surface area contributed by atoms with Crippen LogP contribution in [0.3, 0.4) is 0 Å². The van der Waals surface area contributed by atoms with E-state index in [0.29, 0.717) is 41.6 Å². The highest BCUT2D eigenvalue weighted by Crippen LogP contribution is 2.25. The summed E-state index contributed by atoms with van der Waals surface area (Å²) in [5.41, 5.74) is 4.71. The highest BCUT2D eigenvalue weighted by molar-refractivity contribution is 6.30. The average molecular weight is 546 g/mol. The quantitative estimate of drug-likeness (QED) is 0.146. The van der Waals surface area contributed by atoms with Crippen molar-refractivity contribution in [3.8, 4) is 0 Å². The van der Waals surface area contributed by atoms with Crippen LogP contribution in [-0.2, 0) is 0 Å². The third kappa shape index (κ3) is 7.63. The molecule has 8 nitrogen and oxygen atoms in total. The number of halogens is 1. The number of amides is 2. The summed E-state index contributed by atoms with van der Waals surface area (Å²) in [5, 5.41) is 16.4. The number of nitrogens with one attached hydrogen (secondary N) is 5. The Labute approximate surface area is 233 Å². The van der Waals surface area contributed by atoms with Crippen LogP contribution in [0.1, 0.15) is 38.1 Å². The zero-order valence-corrected chi connectivity index (χ0v) is 22.6. The molecule has 4 rings (SSSR count). The van der Waals surface area contributed by atoms with E-state index in [-0.39, 0.29) is 17.7 Å². The van der Waals surface area contributed by atoms with E-state index < -0.39 is 5.91 Å². The third-order valence-corrected chi connectivity index (χ3v) is 6.41. The summed E-state index contributed by atoms with van der Waals surface area (Å²) in [4.78, 5) is 26.0. The first-order valence-electron chi connectivity index (χ1n) is 12.7. The lowest BCUT2D eigenvalue weighted by Crippen LogP contribution is -2.34. The number of hydrogen-bond donors (Lipinski definition) is 5. The first-order valence-corrected chi connectivity index (χ1v) is 13.1. The molecule has 2 amide bonds. The molecule has 0 fully saturated rings. The van der Waals surface area contributed by atoms with Crippen molar-refractivity contribution in [3.63, 3.8) is 0 Å². The number of likely N-dealkylation sites (N-methyl/N-ethyl adjacent to an activating group) is 1. The molecular formula is C30H32ClN5O3. The zero-order valence-electron chi connectivity index (χ0n) is 21.9. The van der Waals surface area contributed by atoms with Crippen LogP contribution in [0.25, 0.3) is 0 Å². The lowest BCUT2D eigenvalue weighted by molar-refractivity contribution is 0.0935. The molecule has 202 valence electrons. The van der Waals surface area contributed by atoms with Crippen LogP contribution < -0.4 is 26.6 Å². The summed E-state index contributed by atoms with van der Waals surface area (Å²) in [6.45, 7) is 3.83. The maximum atomic E-state index is 13.3. The largest absolute Gasteiger partial charge is 0.459 e. The number of aryl methyl sites for hydroxylation is 1. The lowest BCUT2D eigenvalue weighted by atomic mass is 10.1. The maximum Gasteiger partial charge on any atom is 0.291 e. The van der Waals surface area contributed by atoms with Crippen molar-refractivity contribution < 1.29 is 14.0 Å². The number of para-hydroxylation sites is 1. The monoisotopic (exact) mass is 545 g/mol. The Bertz CT molecular complexity index is 1390. The van der Waals surface area contributed by atoms with E-state index in [1.54, 1.807) is 42.5 Å². The molecule has 0 saturated carbocycles. The molecule has 0 aliphatic carbocycles. The maximum absolute atomic E-state index is 13.3. The number of hydrogen-bond acceptors (Lipinski definition) is 6. The van der Waals surface area contributed by atoms with E-state index >= 15 is 0 Å². The van der Waals surface area contributed by atoms with E-state index in [1.807, 2.05) is 37.4 Å². The summed E-state index contributed by atoms with van der Waals surface area (Å²) >= 11 is 6.04. The number of benzene rings is 3. The minimum atomic E-state index is -0.409. The summed E-state index contributed by atoms with van der Waals surface area (Å²) in [6.07, 6.45) is 1.44. The highest BCUT2D eigenvalue weighted by atomic mass is 35.5. The molecule has 0 radical (unpaired) electrons. The van der Waals surface area contributed by atoms with Crippen molar-refractivity contribution in [2.75, 3.05) is 42.6 Å². The van der Waals surface area contributed by atoms with Crippen LogP contribution in [0.15, 0.2) is 89.5 Å². The lowest BCUT2D eigenvalue weighted by Gasteiger charge is -2.20. The van der Waals surface area contributed by atoms with Gasteiger partial charge in [0.2, 0.25) is 0 Å². The Kier molecular flexibility index (Phi) is 9.61. The van der Waals surface area contributed by atoms with Crippen molar-refractivity contribution in [1.29, 1.82) is 0 Å². The van der Waals surface area contributed by atoms with Crippen molar-refractivity contribution >= 4 is 40.5 Å². The van der Waals surface area contributed by atoms with Crippen LogP contribution in [0.2, 0.25) is 5.02 Å². The van der Waals surface area contributed by atoms with E-state index in [0.717, 1.165) is 16.8 Å². The highest BCUT2D eigenvalue weighted by Gasteiger charge is 2.18. The third-order valence-electron chi connectivity index (χ3n) is 6.16. The van der Waals surface area contributed by atoms with E-state index in [4.69, 9.17) is 16.0 Å². The van der Waals surface area contributed by atoms with Gasteiger partial charge in [-0.3, -0.25) is 9.59 Å². The predicted molar refractivity (Wildman–Crippen MR) is 157 cm³/mol. The van der Waals surface area contributed by atoms with Crippen LogP contribution in [-0.4, -0.2) is 38.5 Å². The van der Waals surface area contributed by atoms with Gasteiger partial charge in [0, 0.05) is 35.9 Å². The van der Waals surface area contributed by atoms with Gasteiger partial charge in [-0.2, -0.15) is 0 Å². The molecule has 3 aromatic carbocycles. The van der Waals surface area contributed by atoms with E-state index in [2.05, 4.69) is 39.6 Å². The second-order valence-corrected chi connectivity index (χ2v) is 9.43. The smallest absolute Gasteiger partial charge is 0.291 e. The molecule has 0 unspecified atom stereocenters. The molecule has 1 atom stereocenters. The number of furan rings is 1. The fraction of sp³-hybridized carbons (Fsp3) is 0.200. The summed E-state index contributed by atoms with van der Waals surface area (Å²) in [5.74, 6) is -0.506. The first-order chi connectivity index (χ1) is 18.9. The zero-order chi connectivity index (χ0) is 27.6. The number of carbonyl (C=O) groups excluding carboxylic acids is 2. The average Bonchev–Trinajstić information content (AvgIpc) is 3.48. The first kappa shape index (κ1) is 27.8. The van der Waals surface area contributed by atoms with Gasteiger partial charge in [0.1, 0.15) is 0 Å². The second kappa shape index (κ2) is 13.5. The topological polar surface area (TPSA) is 107 Å². The van der Waals surface area contributed by atoms with Crippen molar-refractivity contribution in [2.45, 2.75) is 13.0 Å². The van der Waals surface area contributed by atoms with Crippen LogP contribution >= 0.6 is 11.6 Å². The molecule has 0 aliphatic heterocycles. The Morgan fingerprint density at radius 3 is 2.28 bits per heavy atom. The van der Waals surface area contributed by atoms with Gasteiger partial charge in [0.05, 0.1) is 23.7 Å². The molecule has 1 heterocycles. The molecule has 0 aliphatic rings. The van der Waals surface area contributed by atoms with Crippen molar-refractivity contribution in [2.24, 2.45) is 0 Å². The van der Waals surface area contributed by atoms with E-state index in [1.165, 1.54) is 6.26 Å². The normalized spacial score (nSPS) is 11.5. The minimum absolute atomic E-state index is 0.175. The molecule has 0 saturated heterocycles. The van der Waals surface area contributed by atoms with Crippen molar-refractivity contribution in [3.05, 3.63) is 113 Å². The molecule has 9 heteroatoms. The van der Waals surface area contributed by atoms with Gasteiger partial charge in [-0.25, -0.2) is 0 Å². The molecular weight excluding hydrogens is 514 g/mol. The fourth-order valence-electron chi connectivity index (χ4n) is 4.09. The van der Waals surface area contributed by atoms with Crippen LogP contribution in [0.5, 0.6) is 0 Å². The molecule has 4 aromatic rings. The van der Waals surface area contributed by atoms with E-state index in [9.17, 15) is 9.59 Å². The summed E-state index contributed by atoms with van der Waals surface area (Å²) in [7, 11) is 1.83. The Hall–Kier alpha value is -4.27. The molecule has 1 aromatic heterocycles. The van der Waals surface area contributed by atoms with Crippen LogP contribution in [0.4, 0.5) is 17.1 Å². The van der Waals surface area contributed by atoms with Gasteiger partial charge < -0.3 is 31.0 Å². The van der Waals surface area contributed by atoms with Crippen molar-refractivity contribution in [1.82, 2.24) is 10.6 Å². The van der Waals surface area contributed by atoms with Gasteiger partial charge in [-0.05, 0) is 73.6 Å². The minimum Gasteiger partial charge on any atom is -0.459 e. The van der Waals surface area contributed by atoms with Gasteiger partial charge in [-0.15, -0.1) is 0 Å². The summed E-state index contributed by atoms with van der Waals surface area (Å²) < 4.78 is 5.24. The molecule has 39 heavy (non-hydrogen) atoms. The SMILES string of the molecule is CNC[C@@H](NC(=O)c1ccc(NCCNc2ccccc2C)c(NC(=O)c2ccco2)c1)c1ccc(Cl)cc1. The molecule has 0 spiro atoms. The van der Waals surface area contributed by atoms with Gasteiger partial charge in [-0.1, -0.05) is 41.9 Å². The molecule has 5 N–H and O–H groups in total. The number of carbonyl (C=O) groups is 2. The Balaban J connectivity index is 1.50. The summed E-state index contributed by atoms with van der Waals surface area (Å²) in [6, 6.07) is 23.6. The Morgan fingerprint density at radius 2 is 1.59 bits per heavy atom. The van der Waals surface area contributed by atoms with Gasteiger partial charge >= 0.3 is 0 Å². The fourth-order valence-corrected chi connectivity index (χ4v) is 4.22. The van der Waals surface area contributed by atoms with Gasteiger partial charge in [0.25, 0.3) is 11.8 Å². The Morgan fingerprint density at radius 1 is 0.846 bits per heavy atom. The standard InChI is InChI=1S/C30H32ClN5O3/c1-20-6-3-4-7-24(20)33-15-16-34-25-14-11-22(18-26(25)35-30(38)28-8-5-17-39-28)29(37)36-27(19-32-2)21-9-12-23(31)13-10-21/h3-14,17-18,27,32-34H,15-16,19H2,1-2H3,(H,35,38)(H,36,37)/t27-/m1/s1. The van der Waals surface area contributed by atoms with Gasteiger partial charge in [0.15, 0.2) is 5.76 Å². The number of rotatable bonds is 12. The molecule has 0 bridgehead atoms. The second-order valence-electron chi connectivity index (χ2n) is 9.00. The van der Waals surface area contributed by atoms with Crippen LogP contribution in [0, 0.1) is 6.92 Å².